The molecule has 1 aliphatic rings. The van der Waals surface area contributed by atoms with Gasteiger partial charge in [0.1, 0.15) is 16.7 Å². The van der Waals surface area contributed by atoms with Gasteiger partial charge in [-0.2, -0.15) is 0 Å². The molecule has 0 saturated carbocycles. The molecule has 0 radical (unpaired) electrons. The van der Waals surface area contributed by atoms with Gasteiger partial charge < -0.3 is 10.5 Å². The lowest BCUT2D eigenvalue weighted by molar-refractivity contribution is -0.125. The number of pyridine rings is 1. The summed E-state index contributed by atoms with van der Waals surface area (Å²) < 4.78 is 33.9. The van der Waals surface area contributed by atoms with Gasteiger partial charge in [-0.1, -0.05) is 44.6 Å². The van der Waals surface area contributed by atoms with Gasteiger partial charge in [-0.05, 0) is 12.3 Å². The van der Waals surface area contributed by atoms with Crippen LogP contribution in [0.4, 0.5) is 5.69 Å². The number of nitrogens with one attached hydrogen (secondary N) is 1. The minimum absolute atomic E-state index is 0.129. The van der Waals surface area contributed by atoms with E-state index >= 15 is 0 Å². The zero-order chi connectivity index (χ0) is 19.4. The molecule has 7 nitrogen and oxygen atoms in total. The zero-order valence-corrected chi connectivity index (χ0v) is 16.0. The Morgan fingerprint density at radius 1 is 1.46 bits per heavy atom. The van der Waals surface area contributed by atoms with Crippen LogP contribution >= 0.6 is 0 Å². The highest BCUT2D eigenvalue weighted by atomic mass is 32.2. The Bertz CT molecular complexity index is 819. The van der Waals surface area contributed by atoms with E-state index in [2.05, 4.69) is 9.71 Å². The van der Waals surface area contributed by atoms with Gasteiger partial charge in [0.15, 0.2) is 0 Å². The number of amides is 1. The summed E-state index contributed by atoms with van der Waals surface area (Å²) in [4.78, 5) is 16.3. The maximum absolute atomic E-state index is 13.1. The van der Waals surface area contributed by atoms with Crippen LogP contribution in [0.2, 0.25) is 0 Å². The second kappa shape index (κ2) is 7.90. The lowest BCUT2D eigenvalue weighted by Crippen LogP contribution is -2.51. The fourth-order valence-corrected chi connectivity index (χ4v) is 4.85. The maximum atomic E-state index is 13.1. The van der Waals surface area contributed by atoms with Crippen LogP contribution in [0.25, 0.3) is 0 Å². The molecule has 0 aliphatic heterocycles. The smallest absolute Gasteiger partial charge is 0.240 e. The Hall–Kier alpha value is -2.35. The Morgan fingerprint density at radius 2 is 2.19 bits per heavy atom. The van der Waals surface area contributed by atoms with Crippen molar-refractivity contribution in [1.29, 1.82) is 0 Å². The zero-order valence-electron chi connectivity index (χ0n) is 15.2. The summed E-state index contributed by atoms with van der Waals surface area (Å²) in [6.45, 7) is 3.96. The number of primary amides is 1. The number of anilines is 1. The molecule has 142 valence electrons. The number of nitrogens with two attached hydrogens (primary N) is 1. The molecule has 0 fully saturated rings. The minimum atomic E-state index is -3.98. The number of methoxy groups -OCH3 is 1. The van der Waals surface area contributed by atoms with Crippen molar-refractivity contribution in [2.24, 2.45) is 17.1 Å². The van der Waals surface area contributed by atoms with E-state index in [1.165, 1.54) is 25.6 Å². The van der Waals surface area contributed by atoms with E-state index in [4.69, 9.17) is 10.5 Å². The number of hydrogen-bond acceptors (Lipinski definition) is 5. The van der Waals surface area contributed by atoms with Crippen molar-refractivity contribution in [3.8, 4) is 5.75 Å². The molecule has 1 aromatic rings. The Kier molecular flexibility index (Phi) is 6.07. The van der Waals surface area contributed by atoms with E-state index in [0.717, 1.165) is 6.42 Å². The Balaban J connectivity index is 2.46. The van der Waals surface area contributed by atoms with Crippen molar-refractivity contribution in [3.63, 3.8) is 0 Å². The van der Waals surface area contributed by atoms with Gasteiger partial charge in [-0.15, -0.1) is 0 Å². The summed E-state index contributed by atoms with van der Waals surface area (Å²) in [6.07, 6.45) is 10.4. The van der Waals surface area contributed by atoms with Crippen LogP contribution in [0.15, 0.2) is 42.8 Å². The molecule has 1 heterocycles. The lowest BCUT2D eigenvalue weighted by Gasteiger charge is -2.37. The van der Waals surface area contributed by atoms with Gasteiger partial charge in [-0.3, -0.25) is 14.5 Å². The summed E-state index contributed by atoms with van der Waals surface area (Å²) in [7, 11) is -2.55. The second-order valence-electron chi connectivity index (χ2n) is 6.51. The number of ether oxygens (including phenoxy) is 1. The van der Waals surface area contributed by atoms with Crippen LogP contribution < -0.4 is 15.2 Å². The van der Waals surface area contributed by atoms with Crippen LogP contribution in [0.1, 0.15) is 26.7 Å². The summed E-state index contributed by atoms with van der Waals surface area (Å²) >= 11 is 0. The van der Waals surface area contributed by atoms with Gasteiger partial charge in [0, 0.05) is 12.3 Å². The average Bonchev–Trinajstić information content (AvgIpc) is 2.61. The van der Waals surface area contributed by atoms with Crippen molar-refractivity contribution in [2.75, 3.05) is 11.8 Å². The number of rotatable bonds is 8. The molecular weight excluding hydrogens is 354 g/mol. The molecule has 0 saturated heterocycles. The number of nitrogens with zero attached hydrogens (tertiary/aromatic N) is 1. The lowest BCUT2D eigenvalue weighted by atomic mass is 9.73. The van der Waals surface area contributed by atoms with Crippen LogP contribution in [-0.4, -0.2) is 31.7 Å². The number of aromatic nitrogens is 1. The number of allylic oxidation sites excluding steroid dienone is 2. The van der Waals surface area contributed by atoms with Crippen LogP contribution in [0.5, 0.6) is 5.75 Å². The van der Waals surface area contributed by atoms with Gasteiger partial charge in [-0.25, -0.2) is 8.42 Å². The van der Waals surface area contributed by atoms with Crippen LogP contribution in [0, 0.1) is 11.3 Å². The van der Waals surface area contributed by atoms with E-state index < -0.39 is 26.6 Å². The summed E-state index contributed by atoms with van der Waals surface area (Å²) in [6, 6.07) is 1.55. The molecular formula is C18H25N3O4S. The SMILES string of the molecule is CCC(C)CC1(C(N)=O)C=CC=CC1S(=O)(=O)Nc1cnccc1OC. The molecule has 8 heteroatoms. The number of carbonyl (C=O) groups excluding carboxylic acids is 1. The van der Waals surface area contributed by atoms with Crippen molar-refractivity contribution < 1.29 is 17.9 Å². The fourth-order valence-electron chi connectivity index (χ4n) is 3.12. The first-order valence-electron chi connectivity index (χ1n) is 8.42. The molecule has 3 atom stereocenters. The van der Waals surface area contributed by atoms with Gasteiger partial charge >= 0.3 is 0 Å². The average molecular weight is 379 g/mol. The van der Waals surface area contributed by atoms with Crippen molar-refractivity contribution in [1.82, 2.24) is 4.98 Å². The highest BCUT2D eigenvalue weighted by Crippen LogP contribution is 2.40. The summed E-state index contributed by atoms with van der Waals surface area (Å²) in [5.74, 6) is -0.193. The molecule has 26 heavy (non-hydrogen) atoms. The molecule has 0 aromatic carbocycles. The minimum Gasteiger partial charge on any atom is -0.494 e. The molecule has 3 unspecified atom stereocenters. The largest absolute Gasteiger partial charge is 0.494 e. The van der Waals surface area contributed by atoms with Gasteiger partial charge in [0.2, 0.25) is 15.9 Å². The summed E-state index contributed by atoms with van der Waals surface area (Å²) in [5, 5.41) is -1.13. The number of sulfonamides is 1. The molecule has 1 amide bonds. The first kappa shape index (κ1) is 20.0. The van der Waals surface area contributed by atoms with Gasteiger partial charge in [0.25, 0.3) is 0 Å². The molecule has 0 spiro atoms. The van der Waals surface area contributed by atoms with E-state index in [1.807, 2.05) is 13.8 Å². The monoisotopic (exact) mass is 379 g/mol. The molecule has 0 bridgehead atoms. The molecule has 1 aliphatic carbocycles. The molecule has 1 aromatic heterocycles. The predicted molar refractivity (Wildman–Crippen MR) is 101 cm³/mol. The second-order valence-corrected chi connectivity index (χ2v) is 8.31. The molecule has 2 rings (SSSR count). The van der Waals surface area contributed by atoms with E-state index in [1.54, 1.807) is 24.3 Å². The van der Waals surface area contributed by atoms with Crippen molar-refractivity contribution in [3.05, 3.63) is 42.8 Å². The number of carbonyl (C=O) groups is 1. The van der Waals surface area contributed by atoms with Crippen molar-refractivity contribution in [2.45, 2.75) is 31.9 Å². The first-order valence-corrected chi connectivity index (χ1v) is 9.97. The highest BCUT2D eigenvalue weighted by molar-refractivity contribution is 7.93. The van der Waals surface area contributed by atoms with Gasteiger partial charge in [0.05, 0.1) is 18.7 Å². The maximum Gasteiger partial charge on any atom is 0.240 e. The topological polar surface area (TPSA) is 111 Å². The third-order valence-corrected chi connectivity index (χ3v) is 6.48. The highest BCUT2D eigenvalue weighted by Gasteiger charge is 2.49. The van der Waals surface area contributed by atoms with Crippen LogP contribution in [0.3, 0.4) is 0 Å². The molecule has 3 N–H and O–H groups in total. The predicted octanol–water partition coefficient (Wildman–Crippen LogP) is 2.23. The van der Waals surface area contributed by atoms with E-state index in [0.29, 0.717) is 12.2 Å². The standard InChI is InChI=1S/C18H25N3O4S/c1-4-13(2)11-18(17(19)22)9-6-5-7-16(18)26(23,24)21-14-12-20-10-8-15(14)25-3/h5-10,12-13,16,21H,4,11H2,1-3H3,(H2,19,22). The summed E-state index contributed by atoms with van der Waals surface area (Å²) in [5.41, 5.74) is 4.58. The fraction of sp³-hybridized carbons (Fsp3) is 0.444. The van der Waals surface area contributed by atoms with Crippen LogP contribution in [-0.2, 0) is 14.8 Å². The van der Waals surface area contributed by atoms with E-state index in [-0.39, 0.29) is 11.6 Å². The quantitative estimate of drug-likeness (QED) is 0.719. The Morgan fingerprint density at radius 3 is 2.81 bits per heavy atom. The Labute approximate surface area is 154 Å². The third kappa shape index (κ3) is 3.90. The normalized spacial score (nSPS) is 23.4. The first-order chi connectivity index (χ1) is 12.3. The van der Waals surface area contributed by atoms with Crippen molar-refractivity contribution >= 4 is 21.6 Å². The number of hydrogen-bond donors (Lipinski definition) is 2. The van der Waals surface area contributed by atoms with E-state index in [9.17, 15) is 13.2 Å². The third-order valence-electron chi connectivity index (χ3n) is 4.73.